The van der Waals surface area contributed by atoms with Crippen molar-refractivity contribution in [2.24, 2.45) is 5.73 Å². The molecule has 0 aliphatic rings. The van der Waals surface area contributed by atoms with E-state index in [4.69, 9.17) is 11.1 Å². The summed E-state index contributed by atoms with van der Waals surface area (Å²) in [5.74, 6) is -0.436. The minimum absolute atomic E-state index is 0.0824. The lowest BCUT2D eigenvalue weighted by Crippen LogP contribution is -2.29. The van der Waals surface area contributed by atoms with E-state index in [0.717, 1.165) is 18.4 Å². The summed E-state index contributed by atoms with van der Waals surface area (Å²) in [5, 5.41) is 7.50. The molecule has 3 nitrogen and oxygen atoms in total. The number of hydrogen-bond acceptors (Lipinski definition) is 2. The van der Waals surface area contributed by atoms with E-state index in [1.54, 1.807) is 6.07 Å². The zero-order chi connectivity index (χ0) is 13.7. The van der Waals surface area contributed by atoms with E-state index >= 15 is 0 Å². The second-order valence-corrected chi connectivity index (χ2v) is 4.77. The number of hydrogen-bond donors (Lipinski definition) is 2. The van der Waals surface area contributed by atoms with Crippen molar-refractivity contribution >= 4 is 5.84 Å². The molecule has 0 aliphatic heterocycles. The number of nitrogens with zero attached hydrogens (tertiary/aromatic N) is 1. The quantitative estimate of drug-likeness (QED) is 0.603. The van der Waals surface area contributed by atoms with Crippen LogP contribution in [0, 0.1) is 11.2 Å². The highest BCUT2D eigenvalue weighted by atomic mass is 19.1. The molecule has 1 rings (SSSR count). The van der Waals surface area contributed by atoms with Crippen molar-refractivity contribution in [1.29, 1.82) is 5.41 Å². The number of nitrogens with two attached hydrogens (primary N) is 1. The first kappa shape index (κ1) is 14.6. The number of benzene rings is 1. The van der Waals surface area contributed by atoms with E-state index in [1.165, 1.54) is 12.1 Å². The molecule has 1 aromatic carbocycles. The number of amidine groups is 1. The molecule has 1 atom stereocenters. The molecule has 0 amide bonds. The Bertz CT molecular complexity index is 418. The van der Waals surface area contributed by atoms with Gasteiger partial charge in [-0.05, 0) is 38.1 Å². The smallest absolute Gasteiger partial charge is 0.123 e. The van der Waals surface area contributed by atoms with Gasteiger partial charge in [-0.2, -0.15) is 0 Å². The normalized spacial score (nSPS) is 12.7. The van der Waals surface area contributed by atoms with Crippen LogP contribution in [-0.2, 0) is 6.54 Å². The Morgan fingerprint density at radius 3 is 2.72 bits per heavy atom. The summed E-state index contributed by atoms with van der Waals surface area (Å²) >= 11 is 0. The fraction of sp³-hybridized carbons (Fsp3) is 0.500. The first-order valence-corrected chi connectivity index (χ1v) is 6.28. The Kier molecular flexibility index (Phi) is 5.28. The van der Waals surface area contributed by atoms with Gasteiger partial charge in [-0.1, -0.05) is 19.4 Å². The molecular formula is C14H22FN3. The number of nitrogen functional groups attached to an aromatic ring is 1. The Hall–Kier alpha value is -1.42. The molecule has 4 heteroatoms. The van der Waals surface area contributed by atoms with Crippen LogP contribution in [0.4, 0.5) is 4.39 Å². The van der Waals surface area contributed by atoms with Crippen LogP contribution in [-0.4, -0.2) is 23.8 Å². The van der Waals surface area contributed by atoms with Gasteiger partial charge >= 0.3 is 0 Å². The van der Waals surface area contributed by atoms with Gasteiger partial charge in [0.25, 0.3) is 0 Å². The highest BCUT2D eigenvalue weighted by Crippen LogP contribution is 2.15. The van der Waals surface area contributed by atoms with E-state index in [1.807, 2.05) is 7.05 Å². The van der Waals surface area contributed by atoms with E-state index in [9.17, 15) is 4.39 Å². The van der Waals surface area contributed by atoms with Crippen LogP contribution in [0.25, 0.3) is 0 Å². The van der Waals surface area contributed by atoms with Gasteiger partial charge < -0.3 is 5.73 Å². The van der Waals surface area contributed by atoms with Crippen LogP contribution in [0.15, 0.2) is 18.2 Å². The summed E-state index contributed by atoms with van der Waals surface area (Å²) in [6.45, 7) is 5.00. The van der Waals surface area contributed by atoms with Crippen molar-refractivity contribution in [3.8, 4) is 0 Å². The molecule has 1 aromatic rings. The Labute approximate surface area is 108 Å². The minimum atomic E-state index is -0.354. The zero-order valence-electron chi connectivity index (χ0n) is 11.3. The maximum absolute atomic E-state index is 13.2. The molecule has 100 valence electrons. The lowest BCUT2D eigenvalue weighted by Gasteiger charge is -2.25. The largest absolute Gasteiger partial charge is 0.384 e. The van der Waals surface area contributed by atoms with Crippen LogP contribution in [0.1, 0.15) is 37.8 Å². The van der Waals surface area contributed by atoms with Crippen LogP contribution < -0.4 is 5.73 Å². The number of nitrogens with one attached hydrogen (secondary N) is 1. The van der Waals surface area contributed by atoms with Gasteiger partial charge in [-0.3, -0.25) is 10.3 Å². The Morgan fingerprint density at radius 2 is 2.17 bits per heavy atom. The molecule has 0 spiro atoms. The fourth-order valence-electron chi connectivity index (χ4n) is 2.00. The molecule has 0 aliphatic carbocycles. The van der Waals surface area contributed by atoms with Gasteiger partial charge in [0.15, 0.2) is 0 Å². The maximum atomic E-state index is 13.2. The first-order chi connectivity index (χ1) is 8.45. The zero-order valence-corrected chi connectivity index (χ0v) is 11.3. The van der Waals surface area contributed by atoms with Gasteiger partial charge in [0, 0.05) is 18.2 Å². The highest BCUT2D eigenvalue weighted by Gasteiger charge is 2.13. The molecule has 0 heterocycles. The number of rotatable bonds is 6. The lowest BCUT2D eigenvalue weighted by molar-refractivity contribution is 0.236. The summed E-state index contributed by atoms with van der Waals surface area (Å²) in [6, 6.07) is 4.91. The minimum Gasteiger partial charge on any atom is -0.384 e. The van der Waals surface area contributed by atoms with E-state index in [2.05, 4.69) is 18.7 Å². The van der Waals surface area contributed by atoms with Crippen molar-refractivity contribution < 1.29 is 4.39 Å². The maximum Gasteiger partial charge on any atom is 0.123 e. The van der Waals surface area contributed by atoms with E-state index in [0.29, 0.717) is 18.2 Å². The molecule has 0 fully saturated rings. The molecule has 18 heavy (non-hydrogen) atoms. The summed E-state index contributed by atoms with van der Waals surface area (Å²) < 4.78 is 13.2. The topological polar surface area (TPSA) is 53.1 Å². The third-order valence-electron chi connectivity index (χ3n) is 3.24. The van der Waals surface area contributed by atoms with Gasteiger partial charge in [0.05, 0.1) is 0 Å². The van der Waals surface area contributed by atoms with Crippen molar-refractivity contribution in [2.45, 2.75) is 39.3 Å². The molecular weight excluding hydrogens is 229 g/mol. The Balaban J connectivity index is 2.87. The molecule has 0 bridgehead atoms. The van der Waals surface area contributed by atoms with Crippen LogP contribution >= 0.6 is 0 Å². The fourth-order valence-corrected chi connectivity index (χ4v) is 2.00. The molecule has 0 radical (unpaired) electrons. The standard InChI is InChI=1S/C14H22FN3/c1-4-5-10(2)18(3)9-11-6-7-12(15)8-13(11)14(16)17/h6-8,10H,4-5,9H2,1-3H3,(H3,16,17). The predicted octanol–water partition coefficient (Wildman–Crippen LogP) is 2.73. The molecule has 3 N–H and O–H groups in total. The van der Waals surface area contributed by atoms with Crippen LogP contribution in [0.5, 0.6) is 0 Å². The molecule has 1 unspecified atom stereocenters. The van der Waals surface area contributed by atoms with Gasteiger partial charge in [0.1, 0.15) is 11.7 Å². The Morgan fingerprint density at radius 1 is 1.50 bits per heavy atom. The van der Waals surface area contributed by atoms with Crippen LogP contribution in [0.3, 0.4) is 0 Å². The van der Waals surface area contributed by atoms with Gasteiger partial charge in [0.2, 0.25) is 0 Å². The second-order valence-electron chi connectivity index (χ2n) is 4.77. The van der Waals surface area contributed by atoms with Crippen molar-refractivity contribution in [1.82, 2.24) is 4.90 Å². The molecule has 0 saturated carbocycles. The molecule has 0 saturated heterocycles. The lowest BCUT2D eigenvalue weighted by atomic mass is 10.0. The SMILES string of the molecule is CCCC(C)N(C)Cc1ccc(F)cc1C(=N)N. The third kappa shape index (κ3) is 3.81. The van der Waals surface area contributed by atoms with Crippen LogP contribution in [0.2, 0.25) is 0 Å². The predicted molar refractivity (Wildman–Crippen MR) is 73.3 cm³/mol. The summed E-state index contributed by atoms with van der Waals surface area (Å²) in [4.78, 5) is 2.20. The average Bonchev–Trinajstić information content (AvgIpc) is 2.31. The summed E-state index contributed by atoms with van der Waals surface area (Å²) in [7, 11) is 2.04. The summed E-state index contributed by atoms with van der Waals surface area (Å²) in [6.07, 6.45) is 2.25. The third-order valence-corrected chi connectivity index (χ3v) is 3.24. The van der Waals surface area contributed by atoms with Gasteiger partial charge in [-0.15, -0.1) is 0 Å². The van der Waals surface area contributed by atoms with E-state index in [-0.39, 0.29) is 11.7 Å². The average molecular weight is 251 g/mol. The van der Waals surface area contributed by atoms with Crippen molar-refractivity contribution in [3.63, 3.8) is 0 Å². The van der Waals surface area contributed by atoms with Crippen molar-refractivity contribution in [2.75, 3.05) is 7.05 Å². The monoisotopic (exact) mass is 251 g/mol. The van der Waals surface area contributed by atoms with Gasteiger partial charge in [-0.25, -0.2) is 4.39 Å². The van der Waals surface area contributed by atoms with E-state index < -0.39 is 0 Å². The number of halogens is 1. The molecule has 0 aromatic heterocycles. The highest BCUT2D eigenvalue weighted by molar-refractivity contribution is 5.96. The second kappa shape index (κ2) is 6.50. The summed E-state index contributed by atoms with van der Waals surface area (Å²) in [5.41, 5.74) is 6.88. The first-order valence-electron chi connectivity index (χ1n) is 6.28. The van der Waals surface area contributed by atoms with Crippen molar-refractivity contribution in [3.05, 3.63) is 35.1 Å².